The lowest BCUT2D eigenvalue weighted by Crippen LogP contribution is -2.69. The summed E-state index contributed by atoms with van der Waals surface area (Å²) in [6, 6.07) is 0. The van der Waals surface area contributed by atoms with E-state index in [1.54, 1.807) is 0 Å². The Morgan fingerprint density at radius 1 is 0.882 bits per heavy atom. The van der Waals surface area contributed by atoms with Gasteiger partial charge >= 0.3 is 6.16 Å². The van der Waals surface area contributed by atoms with Crippen LogP contribution in [0.25, 0.3) is 0 Å². The van der Waals surface area contributed by atoms with E-state index in [9.17, 15) is 18.0 Å². The minimum atomic E-state index is -1.96. The third-order valence-corrected chi connectivity index (χ3v) is 4.12. The number of hydrogen-bond acceptors (Lipinski definition) is 2. The third kappa shape index (κ3) is 1.60. The highest BCUT2D eigenvalue weighted by atomic mass is 19.2. The molecule has 0 unspecified atom stereocenters. The third-order valence-electron chi connectivity index (χ3n) is 4.12. The minimum absolute atomic E-state index is 0.219. The quantitative estimate of drug-likeness (QED) is 0.728. The first-order chi connectivity index (χ1) is 7.66. The molecule has 0 amide bonds. The summed E-state index contributed by atoms with van der Waals surface area (Å²) >= 11 is 0. The summed E-state index contributed by atoms with van der Waals surface area (Å²) in [5, 5.41) is 8.64. The molecule has 0 aromatic rings. The zero-order chi connectivity index (χ0) is 12.5. The van der Waals surface area contributed by atoms with Gasteiger partial charge in [-0.1, -0.05) is 0 Å². The van der Waals surface area contributed by atoms with E-state index in [-0.39, 0.29) is 38.5 Å². The second-order valence-electron chi connectivity index (χ2n) is 6.06. The highest BCUT2D eigenvalue weighted by Crippen LogP contribution is 2.65. The fraction of sp³-hybridized carbons (Fsp3) is 0.909. The highest BCUT2D eigenvalue weighted by molar-refractivity contribution is 5.58. The molecule has 0 heterocycles. The van der Waals surface area contributed by atoms with Gasteiger partial charge in [-0.2, -0.15) is 0 Å². The van der Waals surface area contributed by atoms with Crippen molar-refractivity contribution < 1.29 is 27.8 Å². The molecule has 1 N–H and O–H groups in total. The van der Waals surface area contributed by atoms with Gasteiger partial charge in [0.2, 0.25) is 0 Å². The lowest BCUT2D eigenvalue weighted by atomic mass is 9.50. The summed E-state index contributed by atoms with van der Waals surface area (Å²) in [7, 11) is 0. The fourth-order valence-corrected chi connectivity index (χ4v) is 4.48. The summed E-state index contributed by atoms with van der Waals surface area (Å²) in [6.07, 6.45) is -3.26. The molecule has 0 atom stereocenters. The number of carbonyl (C=O) groups is 1. The molecule has 0 radical (unpaired) electrons. The average Bonchev–Trinajstić information content (AvgIpc) is 1.87. The SMILES string of the molecule is O=C(O)OC12CC3(F)CC(F)(CC(F)(C3)C1)C2. The maximum atomic E-state index is 14.3. The van der Waals surface area contributed by atoms with Crippen LogP contribution in [-0.2, 0) is 4.74 Å². The van der Waals surface area contributed by atoms with Gasteiger partial charge in [-0.25, -0.2) is 18.0 Å². The largest absolute Gasteiger partial charge is 0.506 e. The number of alkyl halides is 3. The van der Waals surface area contributed by atoms with E-state index >= 15 is 0 Å². The van der Waals surface area contributed by atoms with Gasteiger partial charge in [0.25, 0.3) is 0 Å². The fourth-order valence-electron chi connectivity index (χ4n) is 4.48. The van der Waals surface area contributed by atoms with Crippen LogP contribution in [0.4, 0.5) is 18.0 Å². The van der Waals surface area contributed by atoms with Crippen molar-refractivity contribution in [2.45, 2.75) is 61.1 Å². The van der Waals surface area contributed by atoms with Gasteiger partial charge in [-0.3, -0.25) is 0 Å². The first-order valence-corrected chi connectivity index (χ1v) is 5.65. The molecule has 4 rings (SSSR count). The molecule has 6 heteroatoms. The highest BCUT2D eigenvalue weighted by Gasteiger charge is 2.72. The van der Waals surface area contributed by atoms with Crippen LogP contribution in [0.3, 0.4) is 0 Å². The molecular formula is C11H13F3O3. The van der Waals surface area contributed by atoms with Gasteiger partial charge < -0.3 is 9.84 Å². The number of rotatable bonds is 1. The van der Waals surface area contributed by atoms with Crippen molar-refractivity contribution in [3.05, 3.63) is 0 Å². The number of ether oxygens (including phenoxy) is 1. The lowest BCUT2D eigenvalue weighted by molar-refractivity contribution is -0.245. The second-order valence-corrected chi connectivity index (χ2v) is 6.06. The van der Waals surface area contributed by atoms with Gasteiger partial charge in [0.05, 0.1) is 0 Å². The summed E-state index contributed by atoms with van der Waals surface area (Å²) in [5.74, 6) is 0. The molecule has 0 saturated heterocycles. The molecule has 0 aromatic carbocycles. The Morgan fingerprint density at radius 2 is 1.24 bits per heavy atom. The Morgan fingerprint density at radius 3 is 1.53 bits per heavy atom. The monoisotopic (exact) mass is 250 g/mol. The van der Waals surface area contributed by atoms with Gasteiger partial charge in [-0.05, 0) is 0 Å². The van der Waals surface area contributed by atoms with E-state index in [1.165, 1.54) is 0 Å². The van der Waals surface area contributed by atoms with Crippen molar-refractivity contribution >= 4 is 6.16 Å². The van der Waals surface area contributed by atoms with E-state index in [0.29, 0.717) is 0 Å². The van der Waals surface area contributed by atoms with Crippen molar-refractivity contribution in [2.75, 3.05) is 0 Å². The molecule has 0 spiro atoms. The molecular weight excluding hydrogens is 237 g/mol. The van der Waals surface area contributed by atoms with Crippen molar-refractivity contribution in [1.29, 1.82) is 0 Å². The summed E-state index contributed by atoms with van der Waals surface area (Å²) in [5.41, 5.74) is -7.41. The van der Waals surface area contributed by atoms with Gasteiger partial charge in [0, 0.05) is 38.5 Å². The molecule has 17 heavy (non-hydrogen) atoms. The van der Waals surface area contributed by atoms with Crippen molar-refractivity contribution in [1.82, 2.24) is 0 Å². The molecule has 96 valence electrons. The molecule has 4 saturated carbocycles. The van der Waals surface area contributed by atoms with Crippen LogP contribution in [0, 0.1) is 0 Å². The number of carboxylic acid groups (broad SMARTS) is 1. The molecule has 3 nitrogen and oxygen atoms in total. The zero-order valence-electron chi connectivity index (χ0n) is 9.14. The van der Waals surface area contributed by atoms with Crippen LogP contribution >= 0.6 is 0 Å². The number of hydrogen-bond donors (Lipinski definition) is 1. The summed E-state index contributed by atoms with van der Waals surface area (Å²) in [4.78, 5) is 10.6. The Hall–Kier alpha value is -0.940. The maximum Gasteiger partial charge on any atom is 0.506 e. The topological polar surface area (TPSA) is 46.5 Å². The molecule has 4 bridgehead atoms. The lowest BCUT2D eigenvalue weighted by Gasteiger charge is -2.61. The van der Waals surface area contributed by atoms with Gasteiger partial charge in [0.1, 0.15) is 22.6 Å². The maximum absolute atomic E-state index is 14.3. The Labute approximate surface area is 95.9 Å². The second kappa shape index (κ2) is 2.72. The Kier molecular flexibility index (Phi) is 1.79. The molecule has 4 aliphatic carbocycles. The van der Waals surface area contributed by atoms with Crippen LogP contribution < -0.4 is 0 Å². The van der Waals surface area contributed by atoms with E-state index < -0.39 is 28.8 Å². The van der Waals surface area contributed by atoms with Crippen molar-refractivity contribution in [3.8, 4) is 0 Å². The molecule has 4 aliphatic rings. The van der Waals surface area contributed by atoms with Crippen LogP contribution in [0.15, 0.2) is 0 Å². The molecule has 4 fully saturated rings. The predicted molar refractivity (Wildman–Crippen MR) is 51.1 cm³/mol. The average molecular weight is 250 g/mol. The number of halogens is 3. The Balaban J connectivity index is 2.01. The van der Waals surface area contributed by atoms with Crippen LogP contribution in [0.2, 0.25) is 0 Å². The van der Waals surface area contributed by atoms with Crippen LogP contribution in [-0.4, -0.2) is 33.9 Å². The van der Waals surface area contributed by atoms with Crippen LogP contribution in [0.5, 0.6) is 0 Å². The molecule has 0 aliphatic heterocycles. The first kappa shape index (κ1) is 11.2. The normalized spacial score (nSPS) is 55.9. The summed E-state index contributed by atoms with van der Waals surface area (Å²) in [6.45, 7) is 0. The van der Waals surface area contributed by atoms with E-state index in [4.69, 9.17) is 5.11 Å². The minimum Gasteiger partial charge on any atom is -0.450 e. The predicted octanol–water partition coefficient (Wildman–Crippen LogP) is 2.93. The van der Waals surface area contributed by atoms with Gasteiger partial charge in [-0.15, -0.1) is 0 Å². The van der Waals surface area contributed by atoms with Crippen LogP contribution in [0.1, 0.15) is 38.5 Å². The van der Waals surface area contributed by atoms with Crippen molar-refractivity contribution in [2.24, 2.45) is 0 Å². The smallest absolute Gasteiger partial charge is 0.450 e. The first-order valence-electron chi connectivity index (χ1n) is 5.65. The van der Waals surface area contributed by atoms with Crippen molar-refractivity contribution in [3.63, 3.8) is 0 Å². The Bertz CT molecular complexity index is 344. The summed E-state index contributed by atoms with van der Waals surface area (Å²) < 4.78 is 47.6. The standard InChI is InChI=1S/C11H13F3O3/c12-8-1-9(13)3-10(14,2-8)6-11(4-8,5-9)17-7(15)16/h1-6H2,(H,15,16). The van der Waals surface area contributed by atoms with E-state index in [0.717, 1.165) is 0 Å². The van der Waals surface area contributed by atoms with E-state index in [1.807, 2.05) is 0 Å². The van der Waals surface area contributed by atoms with E-state index in [2.05, 4.69) is 4.74 Å². The molecule has 0 aromatic heterocycles. The zero-order valence-corrected chi connectivity index (χ0v) is 9.14. The van der Waals surface area contributed by atoms with Gasteiger partial charge in [0.15, 0.2) is 0 Å².